The number of amides is 3. The number of carbonyl (C=O) groups is 3. The summed E-state index contributed by atoms with van der Waals surface area (Å²) in [7, 11) is 0. The first kappa shape index (κ1) is 14.7. The summed E-state index contributed by atoms with van der Waals surface area (Å²) in [4.78, 5) is 37.3. The van der Waals surface area contributed by atoms with Gasteiger partial charge in [0.25, 0.3) is 17.7 Å². The lowest BCUT2D eigenvalue weighted by atomic mass is 9.85. The van der Waals surface area contributed by atoms with Gasteiger partial charge in [0.2, 0.25) is 0 Å². The molecular formula is C16H12Cl2N2O3. The predicted octanol–water partition coefficient (Wildman–Crippen LogP) is 2.45. The Hall–Kier alpha value is -1.85. The normalized spacial score (nSPS) is 31.0. The molecule has 0 spiro atoms. The molecule has 7 heteroatoms. The fourth-order valence-corrected chi connectivity index (χ4v) is 4.34. The van der Waals surface area contributed by atoms with Crippen LogP contribution >= 0.6 is 23.2 Å². The van der Waals surface area contributed by atoms with Crippen LogP contribution in [-0.2, 0) is 9.59 Å². The largest absolute Gasteiger partial charge is 0.272 e. The van der Waals surface area contributed by atoms with Crippen molar-refractivity contribution in [2.75, 3.05) is 0 Å². The van der Waals surface area contributed by atoms with Gasteiger partial charge < -0.3 is 0 Å². The van der Waals surface area contributed by atoms with E-state index in [1.54, 1.807) is 0 Å². The van der Waals surface area contributed by atoms with E-state index < -0.39 is 5.91 Å². The summed E-state index contributed by atoms with van der Waals surface area (Å²) < 4.78 is 0. The zero-order valence-electron chi connectivity index (χ0n) is 11.8. The van der Waals surface area contributed by atoms with Crippen molar-refractivity contribution in [2.24, 2.45) is 23.7 Å². The first-order valence-electron chi connectivity index (χ1n) is 7.29. The molecule has 1 saturated carbocycles. The van der Waals surface area contributed by atoms with Crippen molar-refractivity contribution in [3.8, 4) is 0 Å². The highest BCUT2D eigenvalue weighted by molar-refractivity contribution is 6.36. The highest BCUT2D eigenvalue weighted by Crippen LogP contribution is 2.52. The third-order valence-corrected chi connectivity index (χ3v) is 5.41. The first-order chi connectivity index (χ1) is 11.0. The molecule has 0 radical (unpaired) electrons. The van der Waals surface area contributed by atoms with Crippen molar-refractivity contribution in [2.45, 2.75) is 6.42 Å². The smallest absolute Gasteiger partial charge is 0.271 e. The van der Waals surface area contributed by atoms with E-state index in [0.717, 1.165) is 11.4 Å². The van der Waals surface area contributed by atoms with E-state index in [9.17, 15) is 14.4 Å². The summed E-state index contributed by atoms with van der Waals surface area (Å²) >= 11 is 11.8. The van der Waals surface area contributed by atoms with Crippen LogP contribution in [0.3, 0.4) is 0 Å². The standard InChI is InChI=1S/C16H12Cl2N2O3/c17-9-3-4-10(11(18)6-9)14(21)19-20-15(22)12-7-1-2-8(5-7)13(12)16(20)23/h1-4,6-8,12-13H,5H2,(H,19,21)/t7-,8+,12-,13-/m1/s1. The van der Waals surface area contributed by atoms with E-state index in [1.165, 1.54) is 18.2 Å². The van der Waals surface area contributed by atoms with E-state index in [-0.39, 0.29) is 46.1 Å². The molecule has 3 aliphatic rings. The number of fused-ring (bicyclic) bond motifs is 5. The van der Waals surface area contributed by atoms with Crippen molar-refractivity contribution in [1.82, 2.24) is 10.4 Å². The highest BCUT2D eigenvalue weighted by atomic mass is 35.5. The van der Waals surface area contributed by atoms with Crippen molar-refractivity contribution in [1.29, 1.82) is 0 Å². The molecule has 1 aliphatic heterocycles. The van der Waals surface area contributed by atoms with Crippen molar-refractivity contribution < 1.29 is 14.4 Å². The molecule has 4 atom stereocenters. The molecule has 1 heterocycles. The maximum atomic E-state index is 12.5. The minimum absolute atomic E-state index is 0.0995. The Kier molecular flexibility index (Phi) is 3.25. The molecule has 2 aliphatic carbocycles. The Bertz CT molecular complexity index is 747. The van der Waals surface area contributed by atoms with Crippen LogP contribution < -0.4 is 5.43 Å². The Morgan fingerprint density at radius 3 is 2.26 bits per heavy atom. The molecule has 2 fully saturated rings. The average Bonchev–Trinajstić information content (AvgIpc) is 3.17. The summed E-state index contributed by atoms with van der Waals surface area (Å²) in [5, 5.41) is 1.42. The van der Waals surface area contributed by atoms with E-state index in [0.29, 0.717) is 5.02 Å². The number of rotatable bonds is 2. The van der Waals surface area contributed by atoms with Gasteiger partial charge in [-0.3, -0.25) is 19.8 Å². The summed E-state index contributed by atoms with van der Waals surface area (Å²) in [5.41, 5.74) is 2.55. The number of nitrogens with zero attached hydrogens (tertiary/aromatic N) is 1. The van der Waals surface area contributed by atoms with Gasteiger partial charge >= 0.3 is 0 Å². The van der Waals surface area contributed by atoms with E-state index >= 15 is 0 Å². The number of allylic oxidation sites excluding steroid dienone is 2. The molecule has 0 aromatic heterocycles. The minimum Gasteiger partial charge on any atom is -0.272 e. The van der Waals surface area contributed by atoms with Crippen LogP contribution in [0.2, 0.25) is 10.0 Å². The van der Waals surface area contributed by atoms with Gasteiger partial charge in [-0.15, -0.1) is 0 Å². The lowest BCUT2D eigenvalue weighted by Gasteiger charge is -2.18. The van der Waals surface area contributed by atoms with Gasteiger partial charge in [0.15, 0.2) is 0 Å². The SMILES string of the molecule is O=C(NN1C(=O)[C@H]2[C@H](C1=O)[C@H]1C=C[C@@H]2C1)c1ccc(Cl)cc1Cl. The van der Waals surface area contributed by atoms with Crippen LogP contribution in [-0.4, -0.2) is 22.7 Å². The molecule has 1 aromatic carbocycles. The number of nitrogens with one attached hydrogen (secondary N) is 1. The summed E-state index contributed by atoms with van der Waals surface area (Å²) in [5.74, 6) is -1.78. The van der Waals surface area contributed by atoms with Gasteiger partial charge in [-0.2, -0.15) is 5.01 Å². The van der Waals surface area contributed by atoms with Crippen molar-refractivity contribution in [3.05, 3.63) is 46.0 Å². The third-order valence-electron chi connectivity index (χ3n) is 4.86. The summed E-state index contributed by atoms with van der Waals surface area (Å²) in [6, 6.07) is 4.41. The molecule has 5 nitrogen and oxygen atoms in total. The maximum absolute atomic E-state index is 12.5. The monoisotopic (exact) mass is 350 g/mol. The molecule has 3 amide bonds. The molecule has 2 bridgehead atoms. The predicted molar refractivity (Wildman–Crippen MR) is 83.5 cm³/mol. The van der Waals surface area contributed by atoms with Gasteiger partial charge in [0.1, 0.15) is 0 Å². The number of hydrogen-bond donors (Lipinski definition) is 1. The molecule has 0 unspecified atom stereocenters. The van der Waals surface area contributed by atoms with Crippen molar-refractivity contribution in [3.63, 3.8) is 0 Å². The zero-order valence-corrected chi connectivity index (χ0v) is 13.3. The van der Waals surface area contributed by atoms with Crippen LogP contribution in [0.4, 0.5) is 0 Å². The topological polar surface area (TPSA) is 66.5 Å². The van der Waals surface area contributed by atoms with Gasteiger partial charge in [-0.05, 0) is 36.5 Å². The number of imide groups is 1. The van der Waals surface area contributed by atoms with Gasteiger partial charge in [0.05, 0.1) is 22.4 Å². The number of hydrogen-bond acceptors (Lipinski definition) is 3. The number of benzene rings is 1. The van der Waals surface area contributed by atoms with Crippen LogP contribution in [0.25, 0.3) is 0 Å². The molecule has 1 saturated heterocycles. The minimum atomic E-state index is -0.603. The Morgan fingerprint density at radius 1 is 1.09 bits per heavy atom. The maximum Gasteiger partial charge on any atom is 0.271 e. The fourth-order valence-electron chi connectivity index (χ4n) is 3.85. The zero-order chi connectivity index (χ0) is 16.3. The van der Waals surface area contributed by atoms with Gasteiger partial charge in [-0.25, -0.2) is 0 Å². The second kappa shape index (κ2) is 5.08. The lowest BCUT2D eigenvalue weighted by Crippen LogP contribution is -2.47. The Morgan fingerprint density at radius 2 is 1.70 bits per heavy atom. The average molecular weight is 351 g/mol. The molecule has 4 rings (SSSR count). The van der Waals surface area contributed by atoms with Crippen molar-refractivity contribution >= 4 is 40.9 Å². The second-order valence-corrected chi connectivity index (χ2v) is 6.92. The van der Waals surface area contributed by atoms with Crippen LogP contribution in [0.15, 0.2) is 30.4 Å². The number of hydrazine groups is 1. The van der Waals surface area contributed by atoms with Gasteiger partial charge in [0, 0.05) is 5.02 Å². The molecular weight excluding hydrogens is 339 g/mol. The van der Waals surface area contributed by atoms with E-state index in [2.05, 4.69) is 5.43 Å². The number of carbonyl (C=O) groups excluding carboxylic acids is 3. The van der Waals surface area contributed by atoms with E-state index in [1.807, 2.05) is 12.2 Å². The molecule has 118 valence electrons. The van der Waals surface area contributed by atoms with Crippen LogP contribution in [0, 0.1) is 23.7 Å². The number of halogens is 2. The van der Waals surface area contributed by atoms with E-state index in [4.69, 9.17) is 23.2 Å². The molecule has 1 N–H and O–H groups in total. The summed E-state index contributed by atoms with van der Waals surface area (Å²) in [6.45, 7) is 0. The van der Waals surface area contributed by atoms with Crippen LogP contribution in [0.1, 0.15) is 16.8 Å². The Labute approximate surface area is 142 Å². The highest BCUT2D eigenvalue weighted by Gasteiger charge is 2.59. The second-order valence-electron chi connectivity index (χ2n) is 6.08. The Balaban J connectivity index is 1.57. The quantitative estimate of drug-likeness (QED) is 0.658. The molecule has 23 heavy (non-hydrogen) atoms. The first-order valence-corrected chi connectivity index (χ1v) is 8.05. The third kappa shape index (κ3) is 2.11. The van der Waals surface area contributed by atoms with Gasteiger partial charge in [-0.1, -0.05) is 35.4 Å². The summed E-state index contributed by atoms with van der Waals surface area (Å²) in [6.07, 6.45) is 4.84. The lowest BCUT2D eigenvalue weighted by molar-refractivity contribution is -0.143. The fraction of sp³-hybridized carbons (Fsp3) is 0.312. The van der Waals surface area contributed by atoms with Crippen LogP contribution in [0.5, 0.6) is 0 Å². The molecule has 1 aromatic rings.